The van der Waals surface area contributed by atoms with Crippen LogP contribution in [0.5, 0.6) is 0 Å². The minimum atomic E-state index is -0.342. The maximum Gasteiger partial charge on any atom is 0.350 e. The number of carbonyl (C=O) groups excluding carboxylic acids is 1. The first-order valence-corrected chi connectivity index (χ1v) is 9.92. The smallest absolute Gasteiger partial charge is 0.350 e. The van der Waals surface area contributed by atoms with Gasteiger partial charge in [0, 0.05) is 12.5 Å². The van der Waals surface area contributed by atoms with Gasteiger partial charge in [0.15, 0.2) is 11.8 Å². The minimum Gasteiger partial charge on any atom is -0.462 e. The van der Waals surface area contributed by atoms with Crippen molar-refractivity contribution in [1.82, 2.24) is 25.8 Å². The van der Waals surface area contributed by atoms with Crippen molar-refractivity contribution in [2.45, 2.75) is 59.5 Å². The Balaban J connectivity index is 1.98. The summed E-state index contributed by atoms with van der Waals surface area (Å²) < 4.78 is 10.4. The van der Waals surface area contributed by atoms with Crippen LogP contribution < -0.4 is 10.6 Å². The average molecular weight is 409 g/mol. The van der Waals surface area contributed by atoms with Gasteiger partial charge in [0.05, 0.1) is 24.9 Å². The standard InChI is InChI=1S/C18H28N6O3S/c1-8-26-15(25)13-10(2)21-14(28-13)11(3)22-17(19-7)20-9-12-23-16(27-24-12)18(4,5)6/h11H,8-9H2,1-7H3,(H2,19,20,22). The predicted molar refractivity (Wildman–Crippen MR) is 108 cm³/mol. The van der Waals surface area contributed by atoms with Crippen molar-refractivity contribution in [2.24, 2.45) is 4.99 Å². The van der Waals surface area contributed by atoms with Crippen LogP contribution in [-0.2, 0) is 16.7 Å². The van der Waals surface area contributed by atoms with Crippen LogP contribution in [0.2, 0.25) is 0 Å². The largest absolute Gasteiger partial charge is 0.462 e. The van der Waals surface area contributed by atoms with E-state index in [-0.39, 0.29) is 17.4 Å². The predicted octanol–water partition coefficient (Wildman–Crippen LogP) is 2.73. The summed E-state index contributed by atoms with van der Waals surface area (Å²) in [5.41, 5.74) is 0.468. The van der Waals surface area contributed by atoms with E-state index in [0.717, 1.165) is 5.01 Å². The topological polar surface area (TPSA) is 115 Å². The van der Waals surface area contributed by atoms with Crippen LogP contribution in [0, 0.1) is 6.92 Å². The molecule has 2 aromatic rings. The summed E-state index contributed by atoms with van der Waals surface area (Å²) in [7, 11) is 1.68. The second kappa shape index (κ2) is 9.13. The fourth-order valence-electron chi connectivity index (χ4n) is 2.24. The first kappa shape index (κ1) is 21.8. The molecule has 10 heteroatoms. The Bertz CT molecular complexity index is 837. The molecule has 0 amide bonds. The molecule has 0 aliphatic rings. The molecule has 0 saturated carbocycles. The van der Waals surface area contributed by atoms with E-state index < -0.39 is 0 Å². The van der Waals surface area contributed by atoms with Gasteiger partial charge in [0.25, 0.3) is 0 Å². The second-order valence-corrected chi connectivity index (χ2v) is 8.28. The summed E-state index contributed by atoms with van der Waals surface area (Å²) >= 11 is 1.32. The van der Waals surface area contributed by atoms with Crippen molar-refractivity contribution in [1.29, 1.82) is 0 Å². The van der Waals surface area contributed by atoms with Gasteiger partial charge in [-0.2, -0.15) is 4.98 Å². The Hall–Kier alpha value is -2.49. The molecular weight excluding hydrogens is 380 g/mol. The average Bonchev–Trinajstić information content (AvgIpc) is 3.25. The molecule has 2 heterocycles. The van der Waals surface area contributed by atoms with Gasteiger partial charge in [-0.05, 0) is 20.8 Å². The van der Waals surface area contributed by atoms with Crippen LogP contribution in [0.25, 0.3) is 0 Å². The number of aromatic nitrogens is 3. The number of thiazole rings is 1. The van der Waals surface area contributed by atoms with Crippen molar-refractivity contribution in [3.8, 4) is 0 Å². The van der Waals surface area contributed by atoms with Gasteiger partial charge in [-0.25, -0.2) is 9.78 Å². The highest BCUT2D eigenvalue weighted by Crippen LogP contribution is 2.24. The van der Waals surface area contributed by atoms with Crippen molar-refractivity contribution >= 4 is 23.3 Å². The third kappa shape index (κ3) is 5.51. The van der Waals surface area contributed by atoms with Gasteiger partial charge in [0.1, 0.15) is 9.88 Å². The zero-order valence-corrected chi connectivity index (χ0v) is 18.2. The number of ether oxygens (including phenoxy) is 1. The number of carbonyl (C=O) groups is 1. The summed E-state index contributed by atoms with van der Waals surface area (Å²) in [6, 6.07) is -0.145. The van der Waals surface area contributed by atoms with Gasteiger partial charge in [0.2, 0.25) is 5.89 Å². The normalized spacial score (nSPS) is 13.3. The molecule has 9 nitrogen and oxygen atoms in total. The number of nitrogens with zero attached hydrogens (tertiary/aromatic N) is 4. The lowest BCUT2D eigenvalue weighted by Gasteiger charge is -2.15. The SMILES string of the molecule is CCOC(=O)c1sc(C(C)NC(=NC)NCc2noc(C(C)(C)C)n2)nc1C. The quantitative estimate of drug-likeness (QED) is 0.426. The molecular formula is C18H28N6O3S. The number of hydrogen-bond donors (Lipinski definition) is 2. The number of esters is 1. The highest BCUT2D eigenvalue weighted by molar-refractivity contribution is 7.13. The monoisotopic (exact) mass is 408 g/mol. The molecule has 2 rings (SSSR count). The van der Waals surface area contributed by atoms with Crippen LogP contribution in [-0.4, -0.2) is 40.7 Å². The number of aryl methyl sites for hydroxylation is 1. The first-order chi connectivity index (χ1) is 13.2. The maximum absolute atomic E-state index is 12.0. The second-order valence-electron chi connectivity index (χ2n) is 7.24. The number of aliphatic imine (C=N–C) groups is 1. The van der Waals surface area contributed by atoms with Crippen LogP contribution in [0.15, 0.2) is 9.52 Å². The summed E-state index contributed by atoms with van der Waals surface area (Å²) in [4.78, 5) is 25.6. The summed E-state index contributed by atoms with van der Waals surface area (Å²) in [5.74, 6) is 1.37. The molecule has 0 saturated heterocycles. The minimum absolute atomic E-state index is 0.145. The van der Waals surface area contributed by atoms with Crippen LogP contribution in [0.3, 0.4) is 0 Å². The highest BCUT2D eigenvalue weighted by Gasteiger charge is 2.22. The lowest BCUT2D eigenvalue weighted by Crippen LogP contribution is -2.38. The third-order valence-electron chi connectivity index (χ3n) is 3.74. The first-order valence-electron chi connectivity index (χ1n) is 9.10. The molecule has 0 radical (unpaired) electrons. The van der Waals surface area contributed by atoms with Gasteiger partial charge in [-0.1, -0.05) is 25.9 Å². The van der Waals surface area contributed by atoms with Gasteiger partial charge < -0.3 is 19.9 Å². The fourth-order valence-corrected chi connectivity index (χ4v) is 3.21. The molecule has 0 aliphatic carbocycles. The Morgan fingerprint density at radius 2 is 2.07 bits per heavy atom. The fraction of sp³-hybridized carbons (Fsp3) is 0.611. The van der Waals surface area contributed by atoms with E-state index in [2.05, 4.69) is 30.8 Å². The molecule has 0 bridgehead atoms. The Labute approximate surface area is 169 Å². The van der Waals surface area contributed by atoms with E-state index in [4.69, 9.17) is 9.26 Å². The highest BCUT2D eigenvalue weighted by atomic mass is 32.1. The van der Waals surface area contributed by atoms with E-state index in [1.807, 2.05) is 27.7 Å². The van der Waals surface area contributed by atoms with E-state index >= 15 is 0 Å². The molecule has 0 aliphatic heterocycles. The third-order valence-corrected chi connectivity index (χ3v) is 5.07. The molecule has 154 valence electrons. The Morgan fingerprint density at radius 3 is 2.64 bits per heavy atom. The Kier molecular flexibility index (Phi) is 7.11. The Morgan fingerprint density at radius 1 is 1.36 bits per heavy atom. The van der Waals surface area contributed by atoms with E-state index in [1.54, 1.807) is 20.9 Å². The number of rotatable bonds is 6. The summed E-state index contributed by atoms with van der Waals surface area (Å²) in [6.45, 7) is 12.3. The van der Waals surface area contributed by atoms with E-state index in [1.165, 1.54) is 11.3 Å². The summed E-state index contributed by atoms with van der Waals surface area (Å²) in [6.07, 6.45) is 0. The molecule has 0 spiro atoms. The molecule has 2 N–H and O–H groups in total. The number of guanidine groups is 1. The molecule has 0 fully saturated rings. The molecule has 28 heavy (non-hydrogen) atoms. The molecule has 1 unspecified atom stereocenters. The van der Waals surface area contributed by atoms with Crippen molar-refractivity contribution in [3.05, 3.63) is 27.3 Å². The zero-order chi connectivity index (χ0) is 20.9. The van der Waals surface area contributed by atoms with Crippen LogP contribution in [0.1, 0.15) is 72.7 Å². The van der Waals surface area contributed by atoms with Crippen molar-refractivity contribution < 1.29 is 14.1 Å². The van der Waals surface area contributed by atoms with Gasteiger partial charge in [-0.3, -0.25) is 4.99 Å². The van der Waals surface area contributed by atoms with Crippen LogP contribution >= 0.6 is 11.3 Å². The molecule has 2 aromatic heterocycles. The maximum atomic E-state index is 12.0. The zero-order valence-electron chi connectivity index (χ0n) is 17.4. The van der Waals surface area contributed by atoms with E-state index in [0.29, 0.717) is 41.4 Å². The van der Waals surface area contributed by atoms with Crippen LogP contribution in [0.4, 0.5) is 0 Å². The van der Waals surface area contributed by atoms with Crippen molar-refractivity contribution in [2.75, 3.05) is 13.7 Å². The van der Waals surface area contributed by atoms with E-state index in [9.17, 15) is 4.79 Å². The van der Waals surface area contributed by atoms with Gasteiger partial charge >= 0.3 is 5.97 Å². The van der Waals surface area contributed by atoms with Crippen molar-refractivity contribution in [3.63, 3.8) is 0 Å². The molecule has 0 aromatic carbocycles. The van der Waals surface area contributed by atoms with Gasteiger partial charge in [-0.15, -0.1) is 11.3 Å². The number of hydrogen-bond acceptors (Lipinski definition) is 8. The lowest BCUT2D eigenvalue weighted by molar-refractivity contribution is 0.0531. The lowest BCUT2D eigenvalue weighted by atomic mass is 9.97. The number of nitrogens with one attached hydrogen (secondary N) is 2. The summed E-state index contributed by atoms with van der Waals surface area (Å²) in [5, 5.41) is 11.2. The molecule has 1 atom stereocenters.